The lowest BCUT2D eigenvalue weighted by molar-refractivity contribution is 0.101. The molecule has 0 saturated heterocycles. The predicted octanol–water partition coefficient (Wildman–Crippen LogP) is 4.79. The topological polar surface area (TPSA) is 59.9 Å². The van der Waals surface area contributed by atoms with Crippen LogP contribution in [0.25, 0.3) is 0 Å². The third kappa shape index (κ3) is 5.59. The number of halogens is 4. The van der Waals surface area contributed by atoms with Crippen molar-refractivity contribution in [2.75, 3.05) is 0 Å². The van der Waals surface area contributed by atoms with E-state index in [-0.39, 0.29) is 10.9 Å². The standard InChI is InChI=1S/C7H5Cl2NO.C6H3Cl2NO/c1-4(11)5-3-10-7(9)2-6(5)8;7-5-1-6(8)9-2-4(5)3-10/h2-3H,1H3;1-3H. The van der Waals surface area contributed by atoms with E-state index >= 15 is 0 Å². The highest BCUT2D eigenvalue weighted by molar-refractivity contribution is 6.36. The lowest BCUT2D eigenvalue weighted by atomic mass is 10.2. The Kier molecular flexibility index (Phi) is 7.05. The summed E-state index contributed by atoms with van der Waals surface area (Å²) >= 11 is 22.2. The highest BCUT2D eigenvalue weighted by atomic mass is 35.5. The van der Waals surface area contributed by atoms with E-state index in [9.17, 15) is 9.59 Å². The van der Waals surface area contributed by atoms with Crippen LogP contribution in [0.3, 0.4) is 0 Å². The summed E-state index contributed by atoms with van der Waals surface area (Å²) in [5, 5.41) is 1.25. The maximum Gasteiger partial charge on any atom is 0.162 e. The average molecular weight is 366 g/mol. The molecule has 4 nitrogen and oxygen atoms in total. The predicted molar refractivity (Wildman–Crippen MR) is 83.9 cm³/mol. The zero-order valence-corrected chi connectivity index (χ0v) is 13.6. The number of hydrogen-bond acceptors (Lipinski definition) is 4. The van der Waals surface area contributed by atoms with Gasteiger partial charge in [0.15, 0.2) is 12.1 Å². The number of ketones is 1. The van der Waals surface area contributed by atoms with Crippen molar-refractivity contribution in [3.63, 3.8) is 0 Å². The minimum absolute atomic E-state index is 0.112. The second-order valence-electron chi connectivity index (χ2n) is 3.69. The molecular formula is C13H8Cl4N2O2. The van der Waals surface area contributed by atoms with Gasteiger partial charge in [-0.3, -0.25) is 9.59 Å². The van der Waals surface area contributed by atoms with Gasteiger partial charge in [-0.15, -0.1) is 0 Å². The van der Waals surface area contributed by atoms with E-state index < -0.39 is 0 Å². The molecule has 2 aromatic heterocycles. The Balaban J connectivity index is 0.000000211. The third-order valence-corrected chi connectivity index (χ3v) is 3.23. The number of carbonyl (C=O) groups is 2. The second-order valence-corrected chi connectivity index (χ2v) is 5.28. The zero-order valence-electron chi connectivity index (χ0n) is 10.6. The molecule has 0 unspecified atom stereocenters. The molecule has 0 spiro atoms. The Morgan fingerprint density at radius 1 is 1.00 bits per heavy atom. The largest absolute Gasteiger partial charge is 0.298 e. The van der Waals surface area contributed by atoms with Crippen molar-refractivity contribution < 1.29 is 9.59 Å². The second kappa shape index (κ2) is 8.29. The summed E-state index contributed by atoms with van der Waals surface area (Å²) in [5.41, 5.74) is 0.752. The average Bonchev–Trinajstić information content (AvgIpc) is 2.39. The summed E-state index contributed by atoms with van der Waals surface area (Å²) in [6.45, 7) is 1.43. The van der Waals surface area contributed by atoms with Crippen LogP contribution in [0.5, 0.6) is 0 Å². The number of rotatable bonds is 2. The van der Waals surface area contributed by atoms with E-state index in [0.717, 1.165) is 0 Å². The number of nitrogens with zero attached hydrogens (tertiary/aromatic N) is 2. The number of hydrogen-bond donors (Lipinski definition) is 0. The minimum Gasteiger partial charge on any atom is -0.298 e. The van der Waals surface area contributed by atoms with Gasteiger partial charge in [0, 0.05) is 12.4 Å². The highest BCUT2D eigenvalue weighted by Crippen LogP contribution is 2.18. The van der Waals surface area contributed by atoms with Crippen molar-refractivity contribution in [1.29, 1.82) is 0 Å². The van der Waals surface area contributed by atoms with Gasteiger partial charge in [0.1, 0.15) is 10.3 Å². The summed E-state index contributed by atoms with van der Waals surface area (Å²) in [5.74, 6) is -0.112. The van der Waals surface area contributed by atoms with Crippen LogP contribution in [0, 0.1) is 0 Å². The molecule has 0 aliphatic rings. The number of carbonyl (C=O) groups excluding carboxylic acids is 2. The molecule has 0 aliphatic carbocycles. The Morgan fingerprint density at radius 2 is 1.52 bits per heavy atom. The van der Waals surface area contributed by atoms with E-state index in [0.29, 0.717) is 32.6 Å². The van der Waals surface area contributed by atoms with Crippen molar-refractivity contribution >= 4 is 58.5 Å². The lowest BCUT2D eigenvalue weighted by Crippen LogP contribution is -1.94. The van der Waals surface area contributed by atoms with Crippen LogP contribution in [0.2, 0.25) is 20.4 Å². The van der Waals surface area contributed by atoms with Crippen LogP contribution >= 0.6 is 46.4 Å². The van der Waals surface area contributed by atoms with Gasteiger partial charge in [0.2, 0.25) is 0 Å². The lowest BCUT2D eigenvalue weighted by Gasteiger charge is -1.97. The van der Waals surface area contributed by atoms with Gasteiger partial charge >= 0.3 is 0 Å². The molecule has 0 fully saturated rings. The van der Waals surface area contributed by atoms with Gasteiger partial charge in [-0.25, -0.2) is 9.97 Å². The normalized spacial score (nSPS) is 9.57. The van der Waals surface area contributed by atoms with E-state index in [1.807, 2.05) is 0 Å². The first-order valence-corrected chi connectivity index (χ1v) is 6.94. The Hall–Kier alpha value is -1.20. The molecule has 0 bridgehead atoms. The molecule has 8 heteroatoms. The molecule has 0 saturated carbocycles. The van der Waals surface area contributed by atoms with Crippen molar-refractivity contribution in [3.05, 3.63) is 56.0 Å². The third-order valence-electron chi connectivity index (χ3n) is 2.17. The number of aromatic nitrogens is 2. The van der Waals surface area contributed by atoms with E-state index in [2.05, 4.69) is 9.97 Å². The monoisotopic (exact) mass is 364 g/mol. The zero-order chi connectivity index (χ0) is 16.0. The van der Waals surface area contributed by atoms with Gasteiger partial charge in [0.25, 0.3) is 0 Å². The number of pyridine rings is 2. The molecule has 2 aromatic rings. The fraction of sp³-hybridized carbons (Fsp3) is 0.0769. The van der Waals surface area contributed by atoms with Crippen LogP contribution in [0.1, 0.15) is 27.6 Å². The molecule has 0 atom stereocenters. The highest BCUT2D eigenvalue weighted by Gasteiger charge is 2.05. The molecule has 110 valence electrons. The minimum atomic E-state index is -0.112. The van der Waals surface area contributed by atoms with Crippen molar-refractivity contribution in [2.24, 2.45) is 0 Å². The quantitative estimate of drug-likeness (QED) is 0.436. The first kappa shape index (κ1) is 17.9. The SMILES string of the molecule is CC(=O)c1cnc(Cl)cc1Cl.O=Cc1cnc(Cl)cc1Cl. The molecule has 2 heterocycles. The smallest absolute Gasteiger partial charge is 0.162 e. The maximum atomic E-state index is 10.8. The maximum absolute atomic E-state index is 10.8. The fourth-order valence-electron chi connectivity index (χ4n) is 1.17. The number of Topliss-reactive ketones (excluding diaryl/α,β-unsaturated/α-hetero) is 1. The summed E-state index contributed by atoms with van der Waals surface area (Å²) in [7, 11) is 0. The fourth-order valence-corrected chi connectivity index (χ4v) is 2.08. The summed E-state index contributed by atoms with van der Waals surface area (Å²) in [6.07, 6.45) is 3.33. The molecule has 0 radical (unpaired) electrons. The molecule has 0 amide bonds. The van der Waals surface area contributed by atoms with Crippen LogP contribution in [-0.4, -0.2) is 22.0 Å². The Morgan fingerprint density at radius 3 is 1.95 bits per heavy atom. The van der Waals surface area contributed by atoms with E-state index in [1.54, 1.807) is 0 Å². The summed E-state index contributed by atoms with van der Waals surface area (Å²) < 4.78 is 0. The van der Waals surface area contributed by atoms with Crippen LogP contribution < -0.4 is 0 Å². The molecule has 0 N–H and O–H groups in total. The summed E-state index contributed by atoms with van der Waals surface area (Å²) in [6, 6.07) is 2.87. The van der Waals surface area contributed by atoms with Crippen molar-refractivity contribution in [3.8, 4) is 0 Å². The van der Waals surface area contributed by atoms with Gasteiger partial charge in [-0.2, -0.15) is 0 Å². The Bertz CT molecular complexity index is 677. The van der Waals surface area contributed by atoms with Crippen LogP contribution in [0.15, 0.2) is 24.5 Å². The van der Waals surface area contributed by atoms with Gasteiger partial charge in [0.05, 0.1) is 21.2 Å². The van der Waals surface area contributed by atoms with Crippen molar-refractivity contribution in [2.45, 2.75) is 6.92 Å². The number of aldehydes is 1. The van der Waals surface area contributed by atoms with Crippen molar-refractivity contribution in [1.82, 2.24) is 9.97 Å². The molecular weight excluding hydrogens is 358 g/mol. The first-order valence-electron chi connectivity index (χ1n) is 5.43. The molecule has 21 heavy (non-hydrogen) atoms. The molecule has 2 rings (SSSR count). The van der Waals surface area contributed by atoms with Crippen LogP contribution in [0.4, 0.5) is 0 Å². The van der Waals surface area contributed by atoms with Gasteiger partial charge < -0.3 is 0 Å². The van der Waals surface area contributed by atoms with Crippen LogP contribution in [-0.2, 0) is 0 Å². The molecule has 0 aromatic carbocycles. The molecule has 0 aliphatic heterocycles. The van der Waals surface area contributed by atoms with E-state index in [4.69, 9.17) is 46.4 Å². The van der Waals surface area contributed by atoms with E-state index in [1.165, 1.54) is 31.5 Å². The summed E-state index contributed by atoms with van der Waals surface area (Å²) in [4.78, 5) is 28.4. The van der Waals surface area contributed by atoms with Gasteiger partial charge in [-0.1, -0.05) is 46.4 Å². The Labute approximate surface area is 141 Å². The van der Waals surface area contributed by atoms with Gasteiger partial charge in [-0.05, 0) is 19.1 Å². The first-order chi connectivity index (χ1) is 9.85.